The maximum atomic E-state index is 5.85. The van der Waals surface area contributed by atoms with Crippen molar-refractivity contribution in [3.63, 3.8) is 0 Å². The summed E-state index contributed by atoms with van der Waals surface area (Å²) in [5.74, 6) is 0.860. The number of methoxy groups -OCH3 is 1. The van der Waals surface area contributed by atoms with Crippen LogP contribution in [-0.2, 0) is 6.54 Å². The van der Waals surface area contributed by atoms with E-state index in [9.17, 15) is 0 Å². The van der Waals surface area contributed by atoms with E-state index >= 15 is 0 Å². The van der Waals surface area contributed by atoms with Gasteiger partial charge in [-0.15, -0.1) is 0 Å². The number of anilines is 1. The number of benzene rings is 2. The van der Waals surface area contributed by atoms with Crippen molar-refractivity contribution in [1.82, 2.24) is 0 Å². The molecular formula is C24H28N3O+. The van der Waals surface area contributed by atoms with Crippen LogP contribution in [0, 0.1) is 0 Å². The molecule has 3 rings (SSSR count). The van der Waals surface area contributed by atoms with Crippen molar-refractivity contribution in [2.75, 3.05) is 32.6 Å². The van der Waals surface area contributed by atoms with Gasteiger partial charge in [-0.05, 0) is 35.9 Å². The van der Waals surface area contributed by atoms with Crippen LogP contribution in [0.4, 0.5) is 5.69 Å². The van der Waals surface area contributed by atoms with Gasteiger partial charge in [-0.3, -0.25) is 0 Å². The van der Waals surface area contributed by atoms with E-state index in [4.69, 9.17) is 10.5 Å². The molecule has 4 nitrogen and oxygen atoms in total. The normalized spacial score (nSPS) is 11.6. The van der Waals surface area contributed by atoms with E-state index in [2.05, 4.69) is 76.2 Å². The first kappa shape index (κ1) is 19.6. The maximum Gasteiger partial charge on any atom is 0.213 e. The van der Waals surface area contributed by atoms with Crippen molar-refractivity contribution in [2.24, 2.45) is 5.73 Å². The zero-order valence-electron chi connectivity index (χ0n) is 16.8. The molecule has 1 aromatic heterocycles. The number of hydrogen-bond acceptors (Lipinski definition) is 3. The van der Waals surface area contributed by atoms with Gasteiger partial charge in [0.05, 0.1) is 19.0 Å². The first-order chi connectivity index (χ1) is 13.6. The van der Waals surface area contributed by atoms with Crippen molar-refractivity contribution in [1.29, 1.82) is 0 Å². The summed E-state index contributed by atoms with van der Waals surface area (Å²) in [6.07, 6.45) is 8.35. The lowest BCUT2D eigenvalue weighted by Gasteiger charge is -2.11. The summed E-state index contributed by atoms with van der Waals surface area (Å²) in [5, 5.41) is 1.14. The highest BCUT2D eigenvalue weighted by molar-refractivity contribution is 5.78. The molecule has 0 saturated carbocycles. The highest BCUT2D eigenvalue weighted by Gasteiger charge is 2.13. The lowest BCUT2D eigenvalue weighted by atomic mass is 10.1. The Hall–Kier alpha value is -3.11. The van der Waals surface area contributed by atoms with Gasteiger partial charge in [0.2, 0.25) is 11.2 Å². The summed E-state index contributed by atoms with van der Waals surface area (Å²) in [4.78, 5) is 2.10. The highest BCUT2D eigenvalue weighted by Crippen LogP contribution is 2.19. The Morgan fingerprint density at radius 3 is 2.39 bits per heavy atom. The Bertz CT molecular complexity index is 989. The molecule has 0 saturated heterocycles. The molecule has 0 bridgehead atoms. The van der Waals surface area contributed by atoms with Crippen LogP contribution in [0.1, 0.15) is 11.3 Å². The average molecular weight is 375 g/mol. The number of fused-ring (bicyclic) bond motifs is 1. The van der Waals surface area contributed by atoms with Crippen LogP contribution in [0.25, 0.3) is 23.1 Å². The Kier molecular flexibility index (Phi) is 6.45. The smallest absolute Gasteiger partial charge is 0.213 e. The molecule has 0 spiro atoms. The van der Waals surface area contributed by atoms with E-state index in [-0.39, 0.29) is 0 Å². The average Bonchev–Trinajstić information content (AvgIpc) is 2.72. The fourth-order valence-electron chi connectivity index (χ4n) is 3.17. The topological polar surface area (TPSA) is 42.4 Å². The van der Waals surface area contributed by atoms with Gasteiger partial charge in [0.15, 0.2) is 6.54 Å². The van der Waals surface area contributed by atoms with Crippen LogP contribution in [0.2, 0.25) is 0 Å². The number of pyridine rings is 1. The van der Waals surface area contributed by atoms with E-state index in [1.54, 1.807) is 7.11 Å². The Labute approximate surface area is 167 Å². The highest BCUT2D eigenvalue weighted by atomic mass is 16.5. The van der Waals surface area contributed by atoms with Crippen LogP contribution in [0.3, 0.4) is 0 Å². The molecule has 3 aromatic rings. The molecule has 0 atom stereocenters. The largest absolute Gasteiger partial charge is 0.497 e. The second kappa shape index (κ2) is 9.20. The lowest BCUT2D eigenvalue weighted by Crippen LogP contribution is -2.41. The number of allylic oxidation sites excluding steroid dienone is 2. The fourth-order valence-corrected chi connectivity index (χ4v) is 3.17. The molecule has 144 valence electrons. The molecule has 2 N–H and O–H groups in total. The molecule has 28 heavy (non-hydrogen) atoms. The van der Waals surface area contributed by atoms with E-state index in [0.717, 1.165) is 28.9 Å². The van der Waals surface area contributed by atoms with Gasteiger partial charge in [0.1, 0.15) is 5.75 Å². The molecule has 0 aliphatic heterocycles. The zero-order chi connectivity index (χ0) is 19.9. The minimum Gasteiger partial charge on any atom is -0.497 e. The van der Waals surface area contributed by atoms with Gasteiger partial charge in [-0.25, -0.2) is 0 Å². The molecular weight excluding hydrogens is 346 g/mol. The van der Waals surface area contributed by atoms with Crippen molar-refractivity contribution < 1.29 is 9.30 Å². The van der Waals surface area contributed by atoms with E-state index < -0.39 is 0 Å². The SMILES string of the molecule is COc1ccc2c(ccc(/C=C/C=C/c3ccc(N(C)C)cc3)[n+]2CCN)c1. The summed E-state index contributed by atoms with van der Waals surface area (Å²) in [6, 6.07) is 18.8. The quantitative estimate of drug-likeness (QED) is 0.504. The number of nitrogens with two attached hydrogens (primary N) is 1. The summed E-state index contributed by atoms with van der Waals surface area (Å²) in [6.45, 7) is 1.35. The van der Waals surface area contributed by atoms with Crippen molar-refractivity contribution >= 4 is 28.7 Å². The first-order valence-corrected chi connectivity index (χ1v) is 9.45. The third kappa shape index (κ3) is 4.59. The van der Waals surface area contributed by atoms with Crippen LogP contribution in [0.15, 0.2) is 66.7 Å². The third-order valence-corrected chi connectivity index (χ3v) is 4.70. The van der Waals surface area contributed by atoms with Crippen LogP contribution >= 0.6 is 0 Å². The molecule has 2 aromatic carbocycles. The van der Waals surface area contributed by atoms with Crippen molar-refractivity contribution in [2.45, 2.75) is 6.54 Å². The molecule has 0 aliphatic carbocycles. The minimum atomic E-state index is 0.588. The van der Waals surface area contributed by atoms with Gasteiger partial charge < -0.3 is 15.4 Å². The Morgan fingerprint density at radius 1 is 0.964 bits per heavy atom. The van der Waals surface area contributed by atoms with Crippen LogP contribution < -0.4 is 19.9 Å². The van der Waals surface area contributed by atoms with E-state index in [1.165, 1.54) is 11.3 Å². The second-order valence-electron chi connectivity index (χ2n) is 6.83. The molecule has 1 heterocycles. The molecule has 0 amide bonds. The number of aromatic nitrogens is 1. The molecule has 0 aliphatic rings. The maximum absolute atomic E-state index is 5.85. The molecule has 0 unspecified atom stereocenters. The molecule has 0 radical (unpaired) electrons. The van der Waals surface area contributed by atoms with Crippen molar-refractivity contribution in [3.8, 4) is 5.75 Å². The summed E-state index contributed by atoms with van der Waals surface area (Å²) < 4.78 is 7.58. The van der Waals surface area contributed by atoms with Gasteiger partial charge in [-0.2, -0.15) is 4.57 Å². The van der Waals surface area contributed by atoms with Crippen molar-refractivity contribution in [3.05, 3.63) is 78.0 Å². The predicted molar refractivity (Wildman–Crippen MR) is 119 cm³/mol. The standard InChI is InChI=1S/C24H28N3O/c1-26(2)21-11-8-19(9-12-21)6-4-5-7-22-13-10-20-18-23(28-3)14-15-24(20)27(22)17-16-25/h4-15,18H,16-17,25H2,1-3H3/q+1. The second-order valence-corrected chi connectivity index (χ2v) is 6.83. The monoisotopic (exact) mass is 374 g/mol. The minimum absolute atomic E-state index is 0.588. The number of ether oxygens (including phenoxy) is 1. The summed E-state index contributed by atoms with van der Waals surface area (Å²) >= 11 is 0. The Morgan fingerprint density at radius 2 is 1.71 bits per heavy atom. The number of nitrogens with zero attached hydrogens (tertiary/aromatic N) is 2. The Balaban J connectivity index is 1.83. The van der Waals surface area contributed by atoms with Gasteiger partial charge >= 0.3 is 0 Å². The predicted octanol–water partition coefficient (Wildman–Crippen LogP) is 3.89. The molecule has 0 fully saturated rings. The van der Waals surface area contributed by atoms with Gasteiger partial charge in [0, 0.05) is 38.0 Å². The van der Waals surface area contributed by atoms with E-state index in [1.807, 2.05) is 26.2 Å². The molecule has 4 heteroatoms. The van der Waals surface area contributed by atoms with Gasteiger partial charge in [-0.1, -0.05) is 30.4 Å². The number of rotatable bonds is 7. The fraction of sp³-hybridized carbons (Fsp3) is 0.208. The van der Waals surface area contributed by atoms with Crippen LogP contribution in [-0.4, -0.2) is 27.7 Å². The first-order valence-electron chi connectivity index (χ1n) is 9.45. The van der Waals surface area contributed by atoms with Crippen LogP contribution in [0.5, 0.6) is 5.75 Å². The number of hydrogen-bond donors (Lipinski definition) is 1. The van der Waals surface area contributed by atoms with E-state index in [0.29, 0.717) is 6.54 Å². The zero-order valence-corrected chi connectivity index (χ0v) is 16.8. The summed E-state index contributed by atoms with van der Waals surface area (Å²) in [7, 11) is 5.78. The third-order valence-electron chi connectivity index (χ3n) is 4.70. The van der Waals surface area contributed by atoms with Gasteiger partial charge in [0.25, 0.3) is 0 Å². The summed E-state index contributed by atoms with van der Waals surface area (Å²) in [5.41, 5.74) is 10.5. The lowest BCUT2D eigenvalue weighted by molar-refractivity contribution is -0.670.